The number of carbonyl (C=O) groups is 1. The Morgan fingerprint density at radius 3 is 2.33 bits per heavy atom. The first-order valence-electron chi connectivity index (χ1n) is 8.65. The zero-order valence-electron chi connectivity index (χ0n) is 13.1. The molecular weight excluding hydrogens is 266 g/mol. The highest BCUT2D eigenvalue weighted by Gasteiger charge is 2.27. The standard InChI is InChI=1S/C16H29N3O2/c20-16(17-14-3-1-2-4-14)13-18-7-5-15(6-8-18)19-9-11-21-12-10-19/h14-15H,1-13H2,(H,17,20). The molecule has 0 aromatic rings. The third kappa shape index (κ3) is 4.41. The fourth-order valence-electron chi connectivity index (χ4n) is 3.93. The molecule has 3 aliphatic rings. The quantitative estimate of drug-likeness (QED) is 0.835. The van der Waals surface area contributed by atoms with Crippen LogP contribution in [0.2, 0.25) is 0 Å². The first-order valence-corrected chi connectivity index (χ1v) is 8.65. The van der Waals surface area contributed by atoms with Gasteiger partial charge >= 0.3 is 0 Å². The van der Waals surface area contributed by atoms with Crippen molar-refractivity contribution in [3.05, 3.63) is 0 Å². The smallest absolute Gasteiger partial charge is 0.234 e. The molecule has 1 N–H and O–H groups in total. The summed E-state index contributed by atoms with van der Waals surface area (Å²) in [7, 11) is 0. The van der Waals surface area contributed by atoms with Gasteiger partial charge in [-0.05, 0) is 25.7 Å². The molecule has 5 nitrogen and oxygen atoms in total. The number of morpholine rings is 1. The number of amides is 1. The third-order valence-electron chi connectivity index (χ3n) is 5.21. The van der Waals surface area contributed by atoms with Gasteiger partial charge < -0.3 is 10.1 Å². The van der Waals surface area contributed by atoms with Crippen LogP contribution < -0.4 is 5.32 Å². The van der Waals surface area contributed by atoms with Gasteiger partial charge in [0.1, 0.15) is 0 Å². The van der Waals surface area contributed by atoms with Crippen molar-refractivity contribution < 1.29 is 9.53 Å². The Morgan fingerprint density at radius 1 is 1.00 bits per heavy atom. The summed E-state index contributed by atoms with van der Waals surface area (Å²) in [6, 6.07) is 1.14. The summed E-state index contributed by atoms with van der Waals surface area (Å²) in [6.07, 6.45) is 7.27. The van der Waals surface area contributed by atoms with Gasteiger partial charge in [-0.15, -0.1) is 0 Å². The van der Waals surface area contributed by atoms with E-state index in [4.69, 9.17) is 4.74 Å². The Balaban J connectivity index is 1.35. The molecule has 21 heavy (non-hydrogen) atoms. The molecule has 0 atom stereocenters. The number of hydrogen-bond acceptors (Lipinski definition) is 4. The van der Waals surface area contributed by atoms with Crippen LogP contribution in [0.1, 0.15) is 38.5 Å². The van der Waals surface area contributed by atoms with Crippen molar-refractivity contribution >= 4 is 5.91 Å². The van der Waals surface area contributed by atoms with Crippen molar-refractivity contribution in [2.24, 2.45) is 0 Å². The highest BCUT2D eigenvalue weighted by Crippen LogP contribution is 2.19. The molecule has 2 saturated heterocycles. The highest BCUT2D eigenvalue weighted by atomic mass is 16.5. The summed E-state index contributed by atoms with van der Waals surface area (Å²) in [5.41, 5.74) is 0. The molecule has 120 valence electrons. The van der Waals surface area contributed by atoms with Crippen molar-refractivity contribution in [1.82, 2.24) is 15.1 Å². The van der Waals surface area contributed by atoms with Crippen LogP contribution in [0.3, 0.4) is 0 Å². The van der Waals surface area contributed by atoms with Gasteiger partial charge in [0.2, 0.25) is 5.91 Å². The van der Waals surface area contributed by atoms with E-state index < -0.39 is 0 Å². The highest BCUT2D eigenvalue weighted by molar-refractivity contribution is 5.78. The van der Waals surface area contributed by atoms with E-state index in [2.05, 4.69) is 15.1 Å². The summed E-state index contributed by atoms with van der Waals surface area (Å²) < 4.78 is 5.42. The molecule has 2 aliphatic heterocycles. The summed E-state index contributed by atoms with van der Waals surface area (Å²) in [5, 5.41) is 3.19. The molecule has 1 saturated carbocycles. The fourth-order valence-corrected chi connectivity index (χ4v) is 3.93. The fraction of sp³-hybridized carbons (Fsp3) is 0.938. The molecule has 1 aliphatic carbocycles. The minimum Gasteiger partial charge on any atom is -0.379 e. The van der Waals surface area contributed by atoms with Crippen LogP contribution in [0.5, 0.6) is 0 Å². The number of likely N-dealkylation sites (tertiary alicyclic amines) is 1. The van der Waals surface area contributed by atoms with E-state index in [9.17, 15) is 4.79 Å². The molecule has 0 radical (unpaired) electrons. The van der Waals surface area contributed by atoms with E-state index in [-0.39, 0.29) is 5.91 Å². The van der Waals surface area contributed by atoms with Crippen molar-refractivity contribution in [1.29, 1.82) is 0 Å². The molecule has 0 spiro atoms. The van der Waals surface area contributed by atoms with Crippen LogP contribution in [-0.2, 0) is 9.53 Å². The predicted octanol–water partition coefficient (Wildman–Crippen LogP) is 0.842. The second-order valence-corrected chi connectivity index (χ2v) is 6.70. The molecule has 0 aromatic heterocycles. The number of nitrogens with zero attached hydrogens (tertiary/aromatic N) is 2. The molecule has 0 aromatic carbocycles. The molecule has 3 fully saturated rings. The van der Waals surface area contributed by atoms with Gasteiger partial charge in [-0.2, -0.15) is 0 Å². The lowest BCUT2D eigenvalue weighted by atomic mass is 10.0. The number of piperidine rings is 1. The Labute approximate surface area is 128 Å². The Bertz CT molecular complexity index is 330. The maximum Gasteiger partial charge on any atom is 0.234 e. The minimum absolute atomic E-state index is 0.228. The van der Waals surface area contributed by atoms with Crippen LogP contribution in [-0.4, -0.2) is 73.7 Å². The van der Waals surface area contributed by atoms with Crippen LogP contribution in [0.4, 0.5) is 0 Å². The summed E-state index contributed by atoms with van der Waals surface area (Å²) in [6.45, 7) is 6.61. The molecule has 3 rings (SSSR count). The van der Waals surface area contributed by atoms with Crippen molar-refractivity contribution in [2.75, 3.05) is 45.9 Å². The monoisotopic (exact) mass is 295 g/mol. The van der Waals surface area contributed by atoms with E-state index in [1.54, 1.807) is 0 Å². The van der Waals surface area contributed by atoms with Gasteiger partial charge in [-0.3, -0.25) is 14.6 Å². The van der Waals surface area contributed by atoms with Crippen molar-refractivity contribution in [2.45, 2.75) is 50.6 Å². The first-order chi connectivity index (χ1) is 10.3. The van der Waals surface area contributed by atoms with Gasteiger partial charge in [0.25, 0.3) is 0 Å². The van der Waals surface area contributed by atoms with Crippen LogP contribution in [0.25, 0.3) is 0 Å². The molecular formula is C16H29N3O2. The predicted molar refractivity (Wildman–Crippen MR) is 82.3 cm³/mol. The average Bonchev–Trinajstić information content (AvgIpc) is 3.02. The van der Waals surface area contributed by atoms with Crippen LogP contribution in [0, 0.1) is 0 Å². The van der Waals surface area contributed by atoms with E-state index in [1.165, 1.54) is 38.5 Å². The molecule has 0 bridgehead atoms. The van der Waals surface area contributed by atoms with Gasteiger partial charge in [0.05, 0.1) is 19.8 Å². The summed E-state index contributed by atoms with van der Waals surface area (Å²) >= 11 is 0. The zero-order chi connectivity index (χ0) is 14.5. The van der Waals surface area contributed by atoms with E-state index in [0.29, 0.717) is 18.6 Å². The largest absolute Gasteiger partial charge is 0.379 e. The number of nitrogens with one attached hydrogen (secondary N) is 1. The van der Waals surface area contributed by atoms with Gasteiger partial charge in [-0.25, -0.2) is 0 Å². The minimum atomic E-state index is 0.228. The number of carbonyl (C=O) groups excluding carboxylic acids is 1. The average molecular weight is 295 g/mol. The topological polar surface area (TPSA) is 44.8 Å². The van der Waals surface area contributed by atoms with Crippen LogP contribution >= 0.6 is 0 Å². The maximum atomic E-state index is 12.1. The van der Waals surface area contributed by atoms with E-state index in [1.807, 2.05) is 0 Å². The molecule has 2 heterocycles. The Hall–Kier alpha value is -0.650. The second kappa shape index (κ2) is 7.56. The maximum absolute atomic E-state index is 12.1. The van der Waals surface area contributed by atoms with E-state index in [0.717, 1.165) is 39.4 Å². The lowest BCUT2D eigenvalue weighted by molar-refractivity contribution is -0.123. The van der Waals surface area contributed by atoms with Gasteiger partial charge in [0.15, 0.2) is 0 Å². The Kier molecular flexibility index (Phi) is 5.49. The second-order valence-electron chi connectivity index (χ2n) is 6.70. The van der Waals surface area contributed by atoms with E-state index >= 15 is 0 Å². The number of rotatable bonds is 4. The van der Waals surface area contributed by atoms with Crippen LogP contribution in [0.15, 0.2) is 0 Å². The van der Waals surface area contributed by atoms with Gasteiger partial charge in [0, 0.05) is 38.3 Å². The lowest BCUT2D eigenvalue weighted by Crippen LogP contribution is -2.50. The normalized spacial score (nSPS) is 27.0. The van der Waals surface area contributed by atoms with Crippen molar-refractivity contribution in [3.63, 3.8) is 0 Å². The first kappa shape index (κ1) is 15.3. The summed E-state index contributed by atoms with van der Waals surface area (Å²) in [5.74, 6) is 0.228. The SMILES string of the molecule is O=C(CN1CCC(N2CCOCC2)CC1)NC1CCCC1. The molecule has 0 unspecified atom stereocenters. The van der Waals surface area contributed by atoms with Crippen molar-refractivity contribution in [3.8, 4) is 0 Å². The molecule has 5 heteroatoms. The number of ether oxygens (including phenoxy) is 1. The van der Waals surface area contributed by atoms with Gasteiger partial charge in [-0.1, -0.05) is 12.8 Å². The lowest BCUT2D eigenvalue weighted by Gasteiger charge is -2.39. The number of hydrogen-bond donors (Lipinski definition) is 1. The zero-order valence-corrected chi connectivity index (χ0v) is 13.1. The summed E-state index contributed by atoms with van der Waals surface area (Å²) in [4.78, 5) is 17.0. The third-order valence-corrected chi connectivity index (χ3v) is 5.21. The molecule has 1 amide bonds. The Morgan fingerprint density at radius 2 is 1.67 bits per heavy atom.